The molecule has 1 amide bonds. The van der Waals surface area contributed by atoms with E-state index in [1.54, 1.807) is 24.5 Å². The lowest BCUT2D eigenvalue weighted by atomic mass is 9.96. The Labute approximate surface area is 234 Å². The zero-order chi connectivity index (χ0) is 27.8. The minimum atomic E-state index is -0.193. The van der Waals surface area contributed by atoms with E-state index in [4.69, 9.17) is 15.2 Å². The molecular formula is C28H39N9O3. The molecule has 1 aliphatic rings. The van der Waals surface area contributed by atoms with Crippen molar-refractivity contribution in [3.63, 3.8) is 0 Å². The number of rotatable bonds is 16. The molecule has 0 atom stereocenters. The van der Waals surface area contributed by atoms with Gasteiger partial charge in [0.1, 0.15) is 0 Å². The first-order valence-electron chi connectivity index (χ1n) is 13.9. The average molecular weight is 550 g/mol. The fourth-order valence-corrected chi connectivity index (χ4v) is 4.30. The molecule has 214 valence electrons. The summed E-state index contributed by atoms with van der Waals surface area (Å²) in [6.45, 7) is 3.27. The topological polar surface area (TPSA) is 161 Å². The molecule has 2 heterocycles. The Morgan fingerprint density at radius 2 is 1.65 bits per heavy atom. The summed E-state index contributed by atoms with van der Waals surface area (Å²) >= 11 is 0. The van der Waals surface area contributed by atoms with Crippen molar-refractivity contribution in [1.82, 2.24) is 25.3 Å². The fraction of sp³-hybridized carbons (Fsp3) is 0.464. The van der Waals surface area contributed by atoms with Gasteiger partial charge in [0.15, 0.2) is 0 Å². The Kier molecular flexibility index (Phi) is 11.9. The standard InChI is InChI=1S/C28H39N9O3/c29-11-15-39-17-18-40-16-14-31-25(38)22-5-4-8-24(19-22)34-28-36-26(32-20-21-9-12-30-13-10-21)35-27(37-28)33-23-6-2-1-3-7-23/h4-5,8-10,12-13,19,23H,1-3,6-7,11,14-18,20,29H2,(H,31,38)(H3,32,33,34,35,36,37). The molecular weight excluding hydrogens is 510 g/mol. The van der Waals surface area contributed by atoms with Crippen LogP contribution in [0.25, 0.3) is 0 Å². The summed E-state index contributed by atoms with van der Waals surface area (Å²) < 4.78 is 10.7. The fourth-order valence-electron chi connectivity index (χ4n) is 4.30. The molecule has 0 radical (unpaired) electrons. The minimum absolute atomic E-state index is 0.193. The molecule has 4 rings (SSSR count). The monoisotopic (exact) mass is 549 g/mol. The van der Waals surface area contributed by atoms with Gasteiger partial charge in [-0.15, -0.1) is 0 Å². The van der Waals surface area contributed by atoms with E-state index in [2.05, 4.69) is 41.2 Å². The maximum Gasteiger partial charge on any atom is 0.251 e. The zero-order valence-electron chi connectivity index (χ0n) is 22.8. The number of aromatic nitrogens is 4. The Morgan fingerprint density at radius 1 is 0.900 bits per heavy atom. The van der Waals surface area contributed by atoms with E-state index in [0.717, 1.165) is 18.4 Å². The lowest BCUT2D eigenvalue weighted by Gasteiger charge is -2.23. The smallest absolute Gasteiger partial charge is 0.251 e. The predicted octanol–water partition coefficient (Wildman–Crippen LogP) is 3.09. The average Bonchev–Trinajstić information content (AvgIpc) is 2.98. The largest absolute Gasteiger partial charge is 0.378 e. The number of ether oxygens (including phenoxy) is 2. The van der Waals surface area contributed by atoms with Gasteiger partial charge in [-0.05, 0) is 48.7 Å². The highest BCUT2D eigenvalue weighted by Gasteiger charge is 2.16. The number of amides is 1. The number of hydrogen-bond acceptors (Lipinski definition) is 11. The van der Waals surface area contributed by atoms with Crippen LogP contribution >= 0.6 is 0 Å². The molecule has 12 nitrogen and oxygen atoms in total. The molecule has 1 aromatic carbocycles. The third-order valence-electron chi connectivity index (χ3n) is 6.32. The number of nitrogens with one attached hydrogen (secondary N) is 4. The molecule has 0 saturated heterocycles. The molecule has 1 saturated carbocycles. The Bertz CT molecular complexity index is 1180. The molecule has 12 heteroatoms. The highest BCUT2D eigenvalue weighted by Crippen LogP contribution is 2.22. The van der Waals surface area contributed by atoms with Crippen LogP contribution in [0.5, 0.6) is 0 Å². The van der Waals surface area contributed by atoms with Crippen molar-refractivity contribution >= 4 is 29.4 Å². The number of nitrogens with zero attached hydrogens (tertiary/aromatic N) is 4. The number of hydrogen-bond donors (Lipinski definition) is 5. The SMILES string of the molecule is NCCOCCOCCNC(=O)c1cccc(Nc2nc(NCc3ccncc3)nc(NC3CCCCC3)n2)c1. The highest BCUT2D eigenvalue weighted by molar-refractivity contribution is 5.95. The molecule has 2 aromatic heterocycles. The van der Waals surface area contributed by atoms with E-state index in [-0.39, 0.29) is 5.91 Å². The van der Waals surface area contributed by atoms with E-state index < -0.39 is 0 Å². The van der Waals surface area contributed by atoms with E-state index in [1.165, 1.54) is 19.3 Å². The number of benzene rings is 1. The van der Waals surface area contributed by atoms with E-state index in [9.17, 15) is 4.79 Å². The maximum atomic E-state index is 12.7. The second kappa shape index (κ2) is 16.3. The van der Waals surface area contributed by atoms with Gasteiger partial charge in [-0.3, -0.25) is 9.78 Å². The molecule has 0 bridgehead atoms. The lowest BCUT2D eigenvalue weighted by Crippen LogP contribution is -2.27. The summed E-state index contributed by atoms with van der Waals surface area (Å²) in [5.74, 6) is 1.16. The van der Waals surface area contributed by atoms with Gasteiger partial charge in [0.25, 0.3) is 5.91 Å². The van der Waals surface area contributed by atoms with Crippen LogP contribution in [0.4, 0.5) is 23.5 Å². The van der Waals surface area contributed by atoms with Crippen LogP contribution in [0.2, 0.25) is 0 Å². The minimum Gasteiger partial charge on any atom is -0.378 e. The first-order chi connectivity index (χ1) is 19.7. The molecule has 1 fully saturated rings. The summed E-state index contributed by atoms with van der Waals surface area (Å²) in [7, 11) is 0. The van der Waals surface area contributed by atoms with E-state index in [0.29, 0.717) is 81.2 Å². The van der Waals surface area contributed by atoms with Gasteiger partial charge in [-0.2, -0.15) is 15.0 Å². The van der Waals surface area contributed by atoms with Crippen LogP contribution in [-0.4, -0.2) is 71.4 Å². The van der Waals surface area contributed by atoms with Crippen LogP contribution < -0.4 is 27.0 Å². The van der Waals surface area contributed by atoms with Crippen LogP contribution in [0.3, 0.4) is 0 Å². The highest BCUT2D eigenvalue weighted by atomic mass is 16.5. The van der Waals surface area contributed by atoms with Crippen molar-refractivity contribution in [2.75, 3.05) is 55.5 Å². The summed E-state index contributed by atoms with van der Waals surface area (Å²) in [6, 6.07) is 11.4. The summed E-state index contributed by atoms with van der Waals surface area (Å²) in [5.41, 5.74) is 7.65. The van der Waals surface area contributed by atoms with Crippen molar-refractivity contribution < 1.29 is 14.3 Å². The summed E-state index contributed by atoms with van der Waals surface area (Å²) in [6.07, 6.45) is 9.36. The summed E-state index contributed by atoms with van der Waals surface area (Å²) in [5, 5.41) is 12.9. The molecule has 3 aromatic rings. The second-order valence-electron chi connectivity index (χ2n) is 9.47. The third kappa shape index (κ3) is 10.0. The van der Waals surface area contributed by atoms with Crippen molar-refractivity contribution in [2.24, 2.45) is 5.73 Å². The third-order valence-corrected chi connectivity index (χ3v) is 6.32. The van der Waals surface area contributed by atoms with E-state index >= 15 is 0 Å². The Hall–Kier alpha value is -3.87. The molecule has 0 spiro atoms. The van der Waals surface area contributed by atoms with Crippen LogP contribution in [-0.2, 0) is 16.0 Å². The number of anilines is 4. The Morgan fingerprint density at radius 3 is 2.45 bits per heavy atom. The predicted molar refractivity (Wildman–Crippen MR) is 155 cm³/mol. The normalized spacial score (nSPS) is 13.5. The van der Waals surface area contributed by atoms with Gasteiger partial charge < -0.3 is 36.5 Å². The van der Waals surface area contributed by atoms with Crippen molar-refractivity contribution in [2.45, 2.75) is 44.7 Å². The van der Waals surface area contributed by atoms with Crippen molar-refractivity contribution in [1.29, 1.82) is 0 Å². The maximum absolute atomic E-state index is 12.7. The number of carbonyl (C=O) groups excluding carboxylic acids is 1. The molecule has 0 unspecified atom stereocenters. The van der Waals surface area contributed by atoms with Crippen LogP contribution in [0.15, 0.2) is 48.8 Å². The molecule has 40 heavy (non-hydrogen) atoms. The van der Waals surface area contributed by atoms with Gasteiger partial charge in [0.05, 0.1) is 26.4 Å². The van der Waals surface area contributed by atoms with Gasteiger partial charge in [0, 0.05) is 49.3 Å². The van der Waals surface area contributed by atoms with Crippen LogP contribution in [0, 0.1) is 0 Å². The zero-order valence-corrected chi connectivity index (χ0v) is 22.8. The number of pyridine rings is 1. The van der Waals surface area contributed by atoms with Crippen molar-refractivity contribution in [3.05, 3.63) is 59.9 Å². The van der Waals surface area contributed by atoms with Gasteiger partial charge in [-0.1, -0.05) is 25.3 Å². The first kappa shape index (κ1) is 29.1. The number of nitrogens with two attached hydrogens (primary N) is 1. The van der Waals surface area contributed by atoms with Crippen molar-refractivity contribution in [3.8, 4) is 0 Å². The number of carbonyl (C=O) groups is 1. The van der Waals surface area contributed by atoms with E-state index in [1.807, 2.05) is 24.3 Å². The summed E-state index contributed by atoms with van der Waals surface area (Å²) in [4.78, 5) is 30.5. The molecule has 0 aliphatic heterocycles. The quantitative estimate of drug-likeness (QED) is 0.167. The Balaban J connectivity index is 1.37. The second-order valence-corrected chi connectivity index (χ2v) is 9.47. The van der Waals surface area contributed by atoms with Gasteiger partial charge in [-0.25, -0.2) is 0 Å². The molecule has 1 aliphatic carbocycles. The molecule has 6 N–H and O–H groups in total. The van der Waals surface area contributed by atoms with Gasteiger partial charge >= 0.3 is 0 Å². The lowest BCUT2D eigenvalue weighted by molar-refractivity contribution is 0.0511. The van der Waals surface area contributed by atoms with Crippen LogP contribution in [0.1, 0.15) is 48.0 Å². The van der Waals surface area contributed by atoms with Gasteiger partial charge in [0.2, 0.25) is 17.8 Å². The first-order valence-corrected chi connectivity index (χ1v) is 13.9.